The Labute approximate surface area is 1370 Å². The summed E-state index contributed by atoms with van der Waals surface area (Å²) < 4.78 is 0. The van der Waals surface area contributed by atoms with E-state index in [2.05, 4.69) is 0 Å². The van der Waals surface area contributed by atoms with E-state index in [0.717, 1.165) is 0 Å². The second kappa shape index (κ2) is 512. The first-order valence-corrected chi connectivity index (χ1v) is 0. The standard InChI is InChI=1S/17Ca.17Fe.6Mg.17Ni.46H/q17*+2;;;;;;;;;;;;;;;;;;6*+2;;;;;;;;;;;;;;;;;;46*-1. The van der Waals surface area contributed by atoms with E-state index >= 15 is 0 Å². The van der Waals surface area contributed by atoms with Crippen LogP contribution >= 0.6 is 0 Å². The summed E-state index contributed by atoms with van der Waals surface area (Å²) in [6.07, 6.45) is 0. The van der Waals surface area contributed by atoms with Gasteiger partial charge in [-0.25, -0.2) is 0 Å². The van der Waals surface area contributed by atoms with Crippen molar-refractivity contribution in [2.45, 2.75) is 0 Å². The molecule has 0 rings (SSSR count). The van der Waals surface area contributed by atoms with Crippen LogP contribution < -0.4 is 0 Å². The van der Waals surface area contributed by atoms with E-state index in [-0.39, 0.29) is 1420 Å². The van der Waals surface area contributed by atoms with Crippen molar-refractivity contribution in [1.29, 1.82) is 0 Å². The zero-order valence-corrected chi connectivity index (χ0v) is 109. The van der Waals surface area contributed by atoms with E-state index in [9.17, 15) is 0 Å². The van der Waals surface area contributed by atoms with E-state index in [1.54, 1.807) is 0 Å². The molecule has 0 atom stereocenters. The van der Waals surface area contributed by atoms with Crippen molar-refractivity contribution in [2.75, 3.05) is 0 Å². The van der Waals surface area contributed by atoms with Crippen LogP contribution in [0.4, 0.5) is 0 Å². The third-order valence-corrected chi connectivity index (χ3v) is 0. The van der Waals surface area contributed by atoms with E-state index < -0.39 is 0 Å². The second-order valence-electron chi connectivity index (χ2n) is 0. The third kappa shape index (κ3) is 502. The molecular formula is H46Ca17Fe17Mg6Ni17. The molecule has 0 nitrogen and oxygen atoms in total. The first-order valence-electron chi connectivity index (χ1n) is 0. The van der Waals surface area contributed by atoms with Crippen molar-refractivity contribution in [3.8, 4) is 0 Å². The molecule has 0 aliphatic carbocycles. The van der Waals surface area contributed by atoms with Crippen LogP contribution in [0.25, 0.3) is 0 Å². The number of hydrogen-bond donors (Lipinski definition) is 0. The van der Waals surface area contributed by atoms with Crippen molar-refractivity contribution in [1.82, 2.24) is 0 Å². The minimum Gasteiger partial charge on any atom is -1.00 e. The van der Waals surface area contributed by atoms with Gasteiger partial charge in [-0.2, -0.15) is 0 Å². The summed E-state index contributed by atoms with van der Waals surface area (Å²) in [4.78, 5) is 0. The molecule has 0 amide bonds. The normalized spacial score (nSPS) is 0. The van der Waals surface area contributed by atoms with Crippen LogP contribution in [0.2, 0.25) is 0 Å². The molecule has 0 unspecified atom stereocenters. The minimum atomic E-state index is 0. The fourth-order valence-electron chi connectivity index (χ4n) is 0. The zero-order chi connectivity index (χ0) is 0. The smallest absolute Gasteiger partial charge is 1.00 e. The van der Waals surface area contributed by atoms with Crippen molar-refractivity contribution in [3.63, 3.8) is 0 Å². The van der Waals surface area contributed by atoms with Crippen LogP contribution in [-0.4, -0.2) is 780 Å². The topological polar surface area (TPSA) is 0 Å². The van der Waals surface area contributed by atoms with Crippen LogP contribution in [0.3, 0.4) is 0 Å². The van der Waals surface area contributed by atoms with Crippen LogP contribution in [0.5, 0.6) is 0 Å². The molecule has 0 aromatic carbocycles. The van der Waals surface area contributed by atoms with E-state index in [4.69, 9.17) is 0 Å². The SMILES string of the molecule is [Ca+2].[Ca+2].[Ca+2].[Ca+2].[Ca+2].[Ca+2].[Ca+2].[Ca+2].[Ca+2].[Ca+2].[Ca+2].[Ca+2].[Ca+2].[Ca+2].[Ca+2].[Ca+2].[Ca+2].[Fe].[Fe].[Fe].[Fe].[Fe].[Fe].[Fe].[Fe].[Fe].[Fe].[Fe].[Fe].[Fe].[Fe].[Fe].[Fe].[Fe].[H-].[H-].[H-].[H-].[H-].[H-].[H-].[H-].[H-].[H-].[H-].[H-].[H-].[H-].[H-].[H-].[H-].[H-].[H-].[H-].[H-].[H-].[H-].[H-].[H-].[H-].[H-].[H-].[H-].[H-].[H-].[H-].[H-].[H-].[H-].[H-].[H-].[H-].[H-].[H-].[H-].[H-].[H-].[H-].[H-].[H-].[Mg+2].[Mg+2].[Mg+2].[Mg+2].[Mg+2].[Mg+2].[Ni].[Ni].[Ni].[Ni].[Ni].[Ni].[Ni].[Ni].[Ni].[Ni].[Ni].[Ni].[Ni].[Ni].[Ni].[Ni].[Ni]. The average Bonchev–Trinajstić information content (AvgIpc) is 0. The summed E-state index contributed by atoms with van der Waals surface area (Å²) in [6, 6.07) is 0. The molecule has 0 fully saturated rings. The predicted molar refractivity (Wildman–Crippen MR) is 183 cm³/mol. The van der Waals surface area contributed by atoms with Crippen molar-refractivity contribution in [2.24, 2.45) is 0 Å². The van der Waals surface area contributed by atoms with Crippen molar-refractivity contribution >= 4 is 780 Å². The molecule has 57 heteroatoms. The van der Waals surface area contributed by atoms with Crippen molar-refractivity contribution in [3.05, 3.63) is 0 Å². The van der Waals surface area contributed by atoms with E-state index in [0.29, 0.717) is 0 Å². The quantitative estimate of drug-likeness (QED) is 0.220. The Hall–Kier alpha value is 43.2. The van der Waals surface area contributed by atoms with Gasteiger partial charge < -0.3 is 65.6 Å². The van der Waals surface area contributed by atoms with Gasteiger partial charge in [-0.3, -0.25) is 0 Å². The molecule has 398 valence electrons. The third-order valence-electron chi connectivity index (χ3n) is 0. The zero-order valence-electron chi connectivity index (χ0n) is 73.6. The predicted octanol–water partition coefficient (Wildman–Crippen LogP) is -3.67. The monoisotopic (exact) mass is 2810 g/mol. The molecule has 0 spiro atoms. The molecule has 0 heterocycles. The first kappa shape index (κ1) is 528. The van der Waals surface area contributed by atoms with Gasteiger partial charge >= 0.3 is 780 Å². The Morgan fingerprint density at radius 1 is 0.0877 bits per heavy atom. The van der Waals surface area contributed by atoms with E-state index in [1.165, 1.54) is 0 Å². The van der Waals surface area contributed by atoms with Gasteiger partial charge in [0, 0.05) is 571 Å². The van der Waals surface area contributed by atoms with Gasteiger partial charge in [0.05, 0.1) is 0 Å². The van der Waals surface area contributed by atoms with Gasteiger partial charge in [-0.15, -0.1) is 0 Å². The number of hydrogen-bond acceptors (Lipinski definition) is 0. The molecule has 0 saturated heterocycles. The Balaban J connectivity index is 0. The first-order chi connectivity index (χ1) is 0. The summed E-state index contributed by atoms with van der Waals surface area (Å²) >= 11 is 0. The molecule has 0 bridgehead atoms. The Morgan fingerprint density at radius 3 is 0.0877 bits per heavy atom. The van der Waals surface area contributed by atoms with E-state index in [1.807, 2.05) is 0 Å². The van der Waals surface area contributed by atoms with Gasteiger partial charge in [-0.05, 0) is 0 Å². The molecule has 0 saturated carbocycles. The summed E-state index contributed by atoms with van der Waals surface area (Å²) in [5.74, 6) is 0. The van der Waals surface area contributed by atoms with Crippen LogP contribution in [-0.2, 0) is 571 Å². The molecule has 0 N–H and O–H groups in total. The maximum Gasteiger partial charge on any atom is 2.00 e. The molecule has 0 aliphatic rings. The van der Waals surface area contributed by atoms with Gasteiger partial charge in [0.1, 0.15) is 0 Å². The molecule has 0 aromatic rings. The average molecular weight is 2820 g/mol. The number of rotatable bonds is 0. The molecule has 0 radical (unpaired) electrons. The van der Waals surface area contributed by atoms with Crippen LogP contribution in [0.15, 0.2) is 0 Å². The fourth-order valence-corrected chi connectivity index (χ4v) is 0. The minimum absolute atomic E-state index is 0. The summed E-state index contributed by atoms with van der Waals surface area (Å²) in [7, 11) is 0. The van der Waals surface area contributed by atoms with Gasteiger partial charge in [-0.1, -0.05) is 0 Å². The summed E-state index contributed by atoms with van der Waals surface area (Å²) in [5.41, 5.74) is 0. The second-order valence-corrected chi connectivity index (χ2v) is 0. The van der Waals surface area contributed by atoms with Crippen LogP contribution in [0.1, 0.15) is 65.6 Å². The Morgan fingerprint density at radius 2 is 0.0877 bits per heavy atom. The maximum absolute atomic E-state index is 0. The Kier molecular flexibility index (Phi) is 4750. The molecular weight excluding hydrogens is 2770 g/mol. The fraction of sp³-hybridized carbons (Fsp3) is 0. The van der Waals surface area contributed by atoms with Crippen molar-refractivity contribution < 1.29 is 636 Å². The van der Waals surface area contributed by atoms with Gasteiger partial charge in [0.2, 0.25) is 0 Å². The van der Waals surface area contributed by atoms with Gasteiger partial charge in [0.25, 0.3) is 0 Å². The molecule has 0 aliphatic heterocycles. The van der Waals surface area contributed by atoms with Crippen LogP contribution in [0, 0.1) is 0 Å². The largest absolute Gasteiger partial charge is 2.00 e. The summed E-state index contributed by atoms with van der Waals surface area (Å²) in [6.45, 7) is 0. The van der Waals surface area contributed by atoms with Gasteiger partial charge in [0.15, 0.2) is 0 Å². The summed E-state index contributed by atoms with van der Waals surface area (Å²) in [5, 5.41) is 0. The maximum atomic E-state index is 0. The molecule has 0 aromatic heterocycles. The Bertz CT molecular complexity index is 211. The molecule has 57 heavy (non-hydrogen) atoms.